The van der Waals surface area contributed by atoms with Gasteiger partial charge in [0.2, 0.25) is 5.89 Å². The van der Waals surface area contributed by atoms with E-state index in [1.54, 1.807) is 0 Å². The highest BCUT2D eigenvalue weighted by Crippen LogP contribution is 2.44. The lowest BCUT2D eigenvalue weighted by Gasteiger charge is -2.39. The standard InChI is InChI=1S/C27H29N3O5/c1-2-25-28-29-26(35-25)24-14-20-22(8-5-9-23(20)34-24)32-17-19(31)15-30-12-10-27(11-13-30)21-7-4-3-6-18(21)16-33-27/h3-9,14,19,31H,2,10-13,15-17H2,1H3. The number of hydrogen-bond acceptors (Lipinski definition) is 8. The third-order valence-electron chi connectivity index (χ3n) is 7.08. The first-order chi connectivity index (χ1) is 17.1. The number of β-amino-alcohol motifs (C(OH)–C–C–N with tert-alkyl or cyclic N) is 1. The number of aromatic nitrogens is 2. The van der Waals surface area contributed by atoms with Crippen LogP contribution < -0.4 is 4.74 Å². The van der Waals surface area contributed by atoms with Crippen molar-refractivity contribution < 1.29 is 23.4 Å². The minimum atomic E-state index is -0.606. The van der Waals surface area contributed by atoms with Gasteiger partial charge >= 0.3 is 0 Å². The van der Waals surface area contributed by atoms with E-state index in [0.717, 1.165) is 31.3 Å². The van der Waals surface area contributed by atoms with Crippen molar-refractivity contribution in [1.29, 1.82) is 0 Å². The Labute approximate surface area is 203 Å². The molecular weight excluding hydrogens is 446 g/mol. The molecule has 35 heavy (non-hydrogen) atoms. The number of ether oxygens (including phenoxy) is 2. The fourth-order valence-corrected chi connectivity index (χ4v) is 5.19. The second-order valence-electron chi connectivity index (χ2n) is 9.34. The molecule has 2 aromatic carbocycles. The van der Waals surface area contributed by atoms with Gasteiger partial charge in [0.25, 0.3) is 5.89 Å². The van der Waals surface area contributed by atoms with Gasteiger partial charge in [-0.3, -0.25) is 0 Å². The van der Waals surface area contributed by atoms with E-state index < -0.39 is 6.10 Å². The molecule has 182 valence electrons. The minimum absolute atomic E-state index is 0.167. The van der Waals surface area contributed by atoms with Gasteiger partial charge in [0, 0.05) is 32.1 Å². The van der Waals surface area contributed by atoms with Crippen molar-refractivity contribution in [3.05, 3.63) is 65.5 Å². The molecule has 0 amide bonds. The molecule has 2 aliphatic heterocycles. The molecule has 1 fully saturated rings. The number of piperidine rings is 1. The summed E-state index contributed by atoms with van der Waals surface area (Å²) < 4.78 is 23.8. The minimum Gasteiger partial charge on any atom is -0.490 e. The Morgan fingerprint density at radius 2 is 1.94 bits per heavy atom. The SMILES string of the molecule is CCc1nnc(-c2cc3c(OCC(O)CN4CCC5(CC4)OCc4ccccc45)cccc3o2)o1. The van der Waals surface area contributed by atoms with Gasteiger partial charge in [0.15, 0.2) is 5.76 Å². The number of hydrogen-bond donors (Lipinski definition) is 1. The summed E-state index contributed by atoms with van der Waals surface area (Å²) in [6.07, 6.45) is 1.93. The lowest BCUT2D eigenvalue weighted by atomic mass is 9.84. The van der Waals surface area contributed by atoms with E-state index in [1.807, 2.05) is 31.2 Å². The first-order valence-electron chi connectivity index (χ1n) is 12.2. The average Bonchev–Trinajstić information content (AvgIpc) is 3.62. The average molecular weight is 476 g/mol. The van der Waals surface area contributed by atoms with Gasteiger partial charge in [-0.25, -0.2) is 0 Å². The molecule has 0 bridgehead atoms. The Kier molecular flexibility index (Phi) is 5.80. The van der Waals surface area contributed by atoms with Crippen molar-refractivity contribution in [3.63, 3.8) is 0 Å². The van der Waals surface area contributed by atoms with Gasteiger partial charge in [0.05, 0.1) is 17.6 Å². The summed E-state index contributed by atoms with van der Waals surface area (Å²) >= 11 is 0. The monoisotopic (exact) mass is 475 g/mol. The van der Waals surface area contributed by atoms with Crippen LogP contribution >= 0.6 is 0 Å². The molecule has 1 saturated heterocycles. The van der Waals surface area contributed by atoms with Crippen molar-refractivity contribution in [2.75, 3.05) is 26.2 Å². The zero-order valence-corrected chi connectivity index (χ0v) is 19.8. The third-order valence-corrected chi connectivity index (χ3v) is 7.08. The maximum Gasteiger partial charge on any atom is 0.283 e. The summed E-state index contributed by atoms with van der Waals surface area (Å²) in [6, 6.07) is 16.0. The first-order valence-corrected chi connectivity index (χ1v) is 12.2. The molecule has 6 rings (SSSR count). The summed E-state index contributed by atoms with van der Waals surface area (Å²) in [4.78, 5) is 2.29. The number of aryl methyl sites for hydroxylation is 1. The van der Waals surface area contributed by atoms with E-state index >= 15 is 0 Å². The fraction of sp³-hybridized carbons (Fsp3) is 0.407. The maximum absolute atomic E-state index is 10.7. The maximum atomic E-state index is 10.7. The Bertz CT molecular complexity index is 1320. The second-order valence-corrected chi connectivity index (χ2v) is 9.34. The molecule has 2 aromatic heterocycles. The molecule has 1 atom stereocenters. The van der Waals surface area contributed by atoms with Crippen LogP contribution in [0.3, 0.4) is 0 Å². The van der Waals surface area contributed by atoms with Gasteiger partial charge < -0.3 is 28.3 Å². The number of aliphatic hydroxyl groups excluding tert-OH is 1. The van der Waals surface area contributed by atoms with E-state index in [0.29, 0.717) is 48.4 Å². The van der Waals surface area contributed by atoms with Crippen molar-refractivity contribution in [1.82, 2.24) is 15.1 Å². The molecule has 1 N–H and O–H groups in total. The van der Waals surface area contributed by atoms with Crippen LogP contribution in [-0.4, -0.2) is 52.5 Å². The van der Waals surface area contributed by atoms with Crippen LogP contribution in [0.25, 0.3) is 22.6 Å². The molecule has 4 heterocycles. The van der Waals surface area contributed by atoms with E-state index in [2.05, 4.69) is 39.4 Å². The number of benzene rings is 2. The fourth-order valence-electron chi connectivity index (χ4n) is 5.19. The van der Waals surface area contributed by atoms with Crippen LogP contribution in [0, 0.1) is 0 Å². The molecular formula is C27H29N3O5. The number of aliphatic hydroxyl groups is 1. The predicted molar refractivity (Wildman–Crippen MR) is 129 cm³/mol. The highest BCUT2D eigenvalue weighted by molar-refractivity contribution is 5.87. The van der Waals surface area contributed by atoms with Crippen LogP contribution in [0.15, 0.2) is 57.4 Å². The number of nitrogens with zero attached hydrogens (tertiary/aromatic N) is 3. The molecule has 0 radical (unpaired) electrons. The van der Waals surface area contributed by atoms with Gasteiger partial charge in [0.1, 0.15) is 24.0 Å². The molecule has 8 heteroatoms. The molecule has 0 aliphatic carbocycles. The lowest BCUT2D eigenvalue weighted by Crippen LogP contribution is -2.46. The summed E-state index contributed by atoms with van der Waals surface area (Å²) in [5.41, 5.74) is 3.14. The smallest absolute Gasteiger partial charge is 0.283 e. The van der Waals surface area contributed by atoms with Crippen LogP contribution in [-0.2, 0) is 23.4 Å². The van der Waals surface area contributed by atoms with Gasteiger partial charge in [-0.1, -0.05) is 37.3 Å². The Morgan fingerprint density at radius 3 is 2.77 bits per heavy atom. The first kappa shape index (κ1) is 22.3. The molecule has 8 nitrogen and oxygen atoms in total. The molecule has 1 unspecified atom stereocenters. The Hall–Kier alpha value is -3.20. The van der Waals surface area contributed by atoms with Gasteiger partial charge in [-0.15, -0.1) is 10.2 Å². The Morgan fingerprint density at radius 1 is 1.09 bits per heavy atom. The number of rotatable bonds is 7. The van der Waals surface area contributed by atoms with Crippen molar-refractivity contribution >= 4 is 11.0 Å². The van der Waals surface area contributed by atoms with Crippen molar-refractivity contribution in [3.8, 4) is 17.4 Å². The van der Waals surface area contributed by atoms with E-state index in [1.165, 1.54) is 11.1 Å². The van der Waals surface area contributed by atoms with Crippen LogP contribution in [0.2, 0.25) is 0 Å². The summed E-state index contributed by atoms with van der Waals surface area (Å²) in [5.74, 6) is 2.07. The molecule has 1 spiro atoms. The van der Waals surface area contributed by atoms with Crippen LogP contribution in [0.1, 0.15) is 36.8 Å². The van der Waals surface area contributed by atoms with E-state index in [4.69, 9.17) is 18.3 Å². The van der Waals surface area contributed by atoms with E-state index in [-0.39, 0.29) is 12.2 Å². The molecule has 0 saturated carbocycles. The third kappa shape index (κ3) is 4.22. The summed E-state index contributed by atoms with van der Waals surface area (Å²) in [5, 5.41) is 19.6. The Balaban J connectivity index is 1.07. The summed E-state index contributed by atoms with van der Waals surface area (Å²) in [7, 11) is 0. The van der Waals surface area contributed by atoms with Gasteiger partial charge in [-0.2, -0.15) is 0 Å². The predicted octanol–water partition coefficient (Wildman–Crippen LogP) is 4.31. The van der Waals surface area contributed by atoms with E-state index in [9.17, 15) is 5.11 Å². The van der Waals surface area contributed by atoms with Crippen molar-refractivity contribution in [2.45, 2.75) is 44.5 Å². The number of furan rings is 1. The highest BCUT2D eigenvalue weighted by atomic mass is 16.5. The quantitative estimate of drug-likeness (QED) is 0.423. The number of fused-ring (bicyclic) bond motifs is 3. The molecule has 2 aliphatic rings. The highest BCUT2D eigenvalue weighted by Gasteiger charge is 2.42. The zero-order valence-electron chi connectivity index (χ0n) is 19.8. The topological polar surface area (TPSA) is 94.0 Å². The molecule has 4 aromatic rings. The lowest BCUT2D eigenvalue weighted by molar-refractivity contribution is -0.0835. The summed E-state index contributed by atoms with van der Waals surface area (Å²) in [6.45, 7) is 5.18. The van der Waals surface area contributed by atoms with Gasteiger partial charge in [-0.05, 0) is 36.1 Å². The van der Waals surface area contributed by atoms with Crippen molar-refractivity contribution in [2.24, 2.45) is 0 Å². The zero-order chi connectivity index (χ0) is 23.8. The number of likely N-dealkylation sites (tertiary alicyclic amines) is 1. The van der Waals surface area contributed by atoms with Crippen LogP contribution in [0.5, 0.6) is 5.75 Å². The normalized spacial score (nSPS) is 18.2. The second kappa shape index (κ2) is 9.11. The van der Waals surface area contributed by atoms with Crippen LogP contribution in [0.4, 0.5) is 0 Å². The largest absolute Gasteiger partial charge is 0.490 e.